The van der Waals surface area contributed by atoms with E-state index in [0.29, 0.717) is 17.4 Å². The van der Waals surface area contributed by atoms with Crippen LogP contribution in [0.5, 0.6) is 0 Å². The molecule has 0 atom stereocenters. The minimum atomic E-state index is -0.476. The number of amides is 1. The Bertz CT molecular complexity index is 913. The van der Waals surface area contributed by atoms with Crippen molar-refractivity contribution in [3.63, 3.8) is 0 Å². The van der Waals surface area contributed by atoms with Crippen molar-refractivity contribution < 1.29 is 9.18 Å². The number of nitrogens with zero attached hydrogens (tertiary/aromatic N) is 2. The Morgan fingerprint density at radius 3 is 2.95 bits per heavy atom. The summed E-state index contributed by atoms with van der Waals surface area (Å²) in [6, 6.07) is 5.12. The van der Waals surface area contributed by atoms with Crippen molar-refractivity contribution in [1.82, 2.24) is 20.1 Å². The number of carbonyl (C=O) groups excluding carboxylic acids is 1. The number of H-pyrrole nitrogens is 1. The summed E-state index contributed by atoms with van der Waals surface area (Å²) in [5.41, 5.74) is 0.891. The summed E-state index contributed by atoms with van der Waals surface area (Å²) < 4.78 is 14.9. The first-order chi connectivity index (χ1) is 10.5. The minimum absolute atomic E-state index is 0.211. The largest absolute Gasteiger partial charge is 0.348 e. The van der Waals surface area contributed by atoms with Gasteiger partial charge in [-0.3, -0.25) is 14.3 Å². The van der Waals surface area contributed by atoms with Crippen LogP contribution in [0.3, 0.4) is 0 Å². The van der Waals surface area contributed by atoms with Gasteiger partial charge in [0.1, 0.15) is 5.82 Å². The summed E-state index contributed by atoms with van der Waals surface area (Å²) in [4.78, 5) is 26.4. The monoisotopic (exact) mass is 300 g/mol. The number of hydrogen-bond donors (Lipinski definition) is 2. The van der Waals surface area contributed by atoms with Crippen LogP contribution in [-0.4, -0.2) is 20.7 Å². The van der Waals surface area contributed by atoms with Crippen LogP contribution in [0.1, 0.15) is 15.9 Å². The smallest absolute Gasteiger partial charge is 0.252 e. The standard InChI is InChI=1S/C15H13FN4O2/c1-20-8-9(7-18-20)6-17-15(22)12-5-14(21)19-13-4-10(16)2-3-11(12)13/h2-5,7-8H,6H2,1H3,(H,17,22)(H,19,21). The number of benzene rings is 1. The highest BCUT2D eigenvalue weighted by Crippen LogP contribution is 2.16. The number of aromatic nitrogens is 3. The summed E-state index contributed by atoms with van der Waals surface area (Å²) in [6.07, 6.45) is 3.43. The molecule has 0 unspecified atom stereocenters. The molecule has 0 bridgehead atoms. The van der Waals surface area contributed by atoms with Gasteiger partial charge in [0, 0.05) is 36.8 Å². The number of rotatable bonds is 3. The maximum atomic E-state index is 13.2. The molecule has 0 radical (unpaired) electrons. The molecule has 0 fully saturated rings. The quantitative estimate of drug-likeness (QED) is 0.766. The predicted molar refractivity (Wildman–Crippen MR) is 78.9 cm³/mol. The Labute approximate surface area is 124 Å². The second-order valence-corrected chi connectivity index (χ2v) is 4.94. The first-order valence-corrected chi connectivity index (χ1v) is 6.61. The Kier molecular flexibility index (Phi) is 3.46. The van der Waals surface area contributed by atoms with E-state index >= 15 is 0 Å². The summed E-state index contributed by atoms with van der Waals surface area (Å²) in [7, 11) is 1.78. The van der Waals surface area contributed by atoms with E-state index in [0.717, 1.165) is 5.56 Å². The molecule has 6 nitrogen and oxygen atoms in total. The minimum Gasteiger partial charge on any atom is -0.348 e. The van der Waals surface area contributed by atoms with Crippen LogP contribution < -0.4 is 10.9 Å². The Morgan fingerprint density at radius 2 is 2.23 bits per heavy atom. The van der Waals surface area contributed by atoms with E-state index in [1.807, 2.05) is 0 Å². The molecule has 1 aromatic carbocycles. The molecule has 1 amide bonds. The van der Waals surface area contributed by atoms with E-state index in [-0.39, 0.29) is 5.56 Å². The van der Waals surface area contributed by atoms with Crippen molar-refractivity contribution in [2.75, 3.05) is 0 Å². The van der Waals surface area contributed by atoms with Crippen molar-refractivity contribution >= 4 is 16.8 Å². The summed E-state index contributed by atoms with van der Waals surface area (Å²) in [6.45, 7) is 0.294. The fraction of sp³-hybridized carbons (Fsp3) is 0.133. The Balaban J connectivity index is 1.91. The van der Waals surface area contributed by atoms with Crippen LogP contribution >= 0.6 is 0 Å². The highest BCUT2D eigenvalue weighted by Gasteiger charge is 2.12. The fourth-order valence-corrected chi connectivity index (χ4v) is 2.26. The zero-order valence-electron chi connectivity index (χ0n) is 11.8. The van der Waals surface area contributed by atoms with Gasteiger partial charge in [-0.2, -0.15) is 5.10 Å². The van der Waals surface area contributed by atoms with E-state index in [4.69, 9.17) is 0 Å². The Morgan fingerprint density at radius 1 is 1.41 bits per heavy atom. The number of aromatic amines is 1. The lowest BCUT2D eigenvalue weighted by Crippen LogP contribution is -2.24. The molecule has 0 saturated heterocycles. The van der Waals surface area contributed by atoms with Crippen molar-refractivity contribution in [2.45, 2.75) is 6.54 Å². The average Bonchev–Trinajstić information content (AvgIpc) is 2.89. The van der Waals surface area contributed by atoms with Gasteiger partial charge in [-0.15, -0.1) is 0 Å². The molecule has 7 heteroatoms. The summed E-state index contributed by atoms with van der Waals surface area (Å²) in [5.74, 6) is -0.873. The maximum absolute atomic E-state index is 13.2. The van der Waals surface area contributed by atoms with Gasteiger partial charge in [0.05, 0.1) is 17.3 Å². The van der Waals surface area contributed by atoms with Crippen LogP contribution in [-0.2, 0) is 13.6 Å². The van der Waals surface area contributed by atoms with E-state index in [1.54, 1.807) is 24.1 Å². The van der Waals surface area contributed by atoms with Gasteiger partial charge >= 0.3 is 0 Å². The van der Waals surface area contributed by atoms with Crippen molar-refractivity contribution in [3.8, 4) is 0 Å². The number of nitrogens with one attached hydrogen (secondary N) is 2. The topological polar surface area (TPSA) is 79.8 Å². The molecule has 2 aromatic heterocycles. The molecule has 112 valence electrons. The van der Waals surface area contributed by atoms with Crippen LogP contribution in [0.15, 0.2) is 41.5 Å². The number of hydrogen-bond acceptors (Lipinski definition) is 3. The van der Waals surface area contributed by atoms with Crippen LogP contribution in [0.4, 0.5) is 4.39 Å². The van der Waals surface area contributed by atoms with E-state index in [1.165, 1.54) is 24.3 Å². The number of pyridine rings is 1. The highest BCUT2D eigenvalue weighted by molar-refractivity contribution is 6.05. The molecule has 2 heterocycles. The predicted octanol–water partition coefficient (Wildman–Crippen LogP) is 1.33. The molecule has 2 N–H and O–H groups in total. The number of aryl methyl sites for hydroxylation is 1. The number of halogens is 1. The van der Waals surface area contributed by atoms with Gasteiger partial charge in [-0.25, -0.2) is 4.39 Å². The lowest BCUT2D eigenvalue weighted by atomic mass is 10.1. The van der Waals surface area contributed by atoms with Gasteiger partial charge in [-0.05, 0) is 18.2 Å². The third kappa shape index (κ3) is 2.73. The second kappa shape index (κ2) is 5.44. The molecule has 0 aliphatic carbocycles. The van der Waals surface area contributed by atoms with Crippen LogP contribution in [0.25, 0.3) is 10.9 Å². The second-order valence-electron chi connectivity index (χ2n) is 4.94. The van der Waals surface area contributed by atoms with Gasteiger partial charge in [-0.1, -0.05) is 0 Å². The third-order valence-corrected chi connectivity index (χ3v) is 3.26. The molecule has 0 saturated carbocycles. The molecule has 3 rings (SSSR count). The van der Waals surface area contributed by atoms with E-state index in [9.17, 15) is 14.0 Å². The summed E-state index contributed by atoms with van der Waals surface area (Å²) in [5, 5.41) is 7.22. The molecular weight excluding hydrogens is 287 g/mol. The molecule has 3 aromatic rings. The first kappa shape index (κ1) is 14.0. The van der Waals surface area contributed by atoms with Gasteiger partial charge < -0.3 is 10.3 Å². The number of fused-ring (bicyclic) bond motifs is 1. The molecule has 0 aliphatic rings. The Hall–Kier alpha value is -2.96. The molecule has 0 aliphatic heterocycles. The zero-order chi connectivity index (χ0) is 15.7. The van der Waals surface area contributed by atoms with Crippen molar-refractivity contribution in [1.29, 1.82) is 0 Å². The lowest BCUT2D eigenvalue weighted by molar-refractivity contribution is 0.0952. The zero-order valence-corrected chi connectivity index (χ0v) is 11.8. The molecule has 0 spiro atoms. The average molecular weight is 300 g/mol. The molecule has 22 heavy (non-hydrogen) atoms. The maximum Gasteiger partial charge on any atom is 0.252 e. The third-order valence-electron chi connectivity index (χ3n) is 3.26. The fourth-order valence-electron chi connectivity index (χ4n) is 2.26. The summed E-state index contributed by atoms with van der Waals surface area (Å²) >= 11 is 0. The van der Waals surface area contributed by atoms with E-state index in [2.05, 4.69) is 15.4 Å². The van der Waals surface area contributed by atoms with Gasteiger partial charge in [0.15, 0.2) is 0 Å². The molecular formula is C15H13FN4O2. The van der Waals surface area contributed by atoms with Crippen LogP contribution in [0, 0.1) is 5.82 Å². The van der Waals surface area contributed by atoms with Crippen molar-refractivity contribution in [3.05, 3.63) is 64.0 Å². The lowest BCUT2D eigenvalue weighted by Gasteiger charge is -2.07. The first-order valence-electron chi connectivity index (χ1n) is 6.61. The highest BCUT2D eigenvalue weighted by atomic mass is 19.1. The SMILES string of the molecule is Cn1cc(CNC(=O)c2cc(=O)[nH]c3cc(F)ccc23)cn1. The van der Waals surface area contributed by atoms with Crippen LogP contribution in [0.2, 0.25) is 0 Å². The number of carbonyl (C=O) groups is 1. The van der Waals surface area contributed by atoms with Crippen molar-refractivity contribution in [2.24, 2.45) is 7.05 Å². The van der Waals surface area contributed by atoms with Gasteiger partial charge in [0.25, 0.3) is 5.91 Å². The van der Waals surface area contributed by atoms with E-state index < -0.39 is 17.3 Å². The van der Waals surface area contributed by atoms with Gasteiger partial charge in [0.2, 0.25) is 5.56 Å². The normalized spacial score (nSPS) is 10.8.